The first-order chi connectivity index (χ1) is 6.83. The summed E-state index contributed by atoms with van der Waals surface area (Å²) in [5.41, 5.74) is 0.808. The van der Waals surface area contributed by atoms with Crippen molar-refractivity contribution in [1.82, 2.24) is 15.6 Å². The van der Waals surface area contributed by atoms with Gasteiger partial charge in [0.25, 0.3) is 5.91 Å². The van der Waals surface area contributed by atoms with Crippen molar-refractivity contribution in [3.05, 3.63) is 11.4 Å². The summed E-state index contributed by atoms with van der Waals surface area (Å²) in [5, 5.41) is 9.58. The zero-order valence-electron chi connectivity index (χ0n) is 7.40. The van der Waals surface area contributed by atoms with Gasteiger partial charge in [0.05, 0.1) is 6.54 Å². The van der Waals surface area contributed by atoms with Crippen LogP contribution in [0.5, 0.6) is 0 Å². The topological polar surface area (TPSA) is 85.1 Å². The number of amides is 1. The zero-order valence-corrected chi connectivity index (χ0v) is 7.40. The average molecular weight is 195 g/mol. The van der Waals surface area contributed by atoms with Crippen molar-refractivity contribution in [2.45, 2.75) is 18.8 Å². The molecule has 1 aromatic rings. The van der Waals surface area contributed by atoms with Crippen molar-refractivity contribution < 1.29 is 14.2 Å². The molecule has 1 amide bonds. The largest absolute Gasteiger partial charge is 0.344 e. The van der Waals surface area contributed by atoms with E-state index in [0.717, 1.165) is 12.8 Å². The molecule has 1 saturated carbocycles. The Kier molecular flexibility index (Phi) is 2.26. The summed E-state index contributed by atoms with van der Waals surface area (Å²) >= 11 is 0. The Morgan fingerprint density at radius 3 is 3.00 bits per heavy atom. The van der Waals surface area contributed by atoms with Gasteiger partial charge in [-0.1, -0.05) is 5.16 Å². The molecule has 6 heteroatoms. The van der Waals surface area contributed by atoms with Crippen LogP contribution in [0.2, 0.25) is 0 Å². The Morgan fingerprint density at radius 2 is 2.36 bits per heavy atom. The molecule has 2 rings (SSSR count). The molecule has 0 bridgehead atoms. The van der Waals surface area contributed by atoms with E-state index in [2.05, 4.69) is 20.3 Å². The van der Waals surface area contributed by atoms with Gasteiger partial charge < -0.3 is 10.1 Å². The van der Waals surface area contributed by atoms with E-state index >= 15 is 0 Å². The minimum absolute atomic E-state index is 0.0181. The molecule has 1 N–H and O–H groups in total. The van der Waals surface area contributed by atoms with E-state index in [1.165, 1.54) is 0 Å². The maximum absolute atomic E-state index is 11.4. The van der Waals surface area contributed by atoms with E-state index in [1.807, 2.05) is 0 Å². The van der Waals surface area contributed by atoms with Crippen molar-refractivity contribution in [2.24, 2.45) is 0 Å². The monoisotopic (exact) mass is 195 g/mol. The molecule has 1 aliphatic carbocycles. The summed E-state index contributed by atoms with van der Waals surface area (Å²) in [6, 6.07) is 0. The van der Waals surface area contributed by atoms with Gasteiger partial charge in [-0.15, -0.1) is 0 Å². The Hall–Kier alpha value is -1.72. The lowest BCUT2D eigenvalue weighted by Gasteiger charge is -1.96. The fourth-order valence-electron chi connectivity index (χ4n) is 1.20. The lowest BCUT2D eigenvalue weighted by molar-refractivity contribution is -0.107. The second-order valence-corrected chi connectivity index (χ2v) is 3.15. The van der Waals surface area contributed by atoms with Gasteiger partial charge in [-0.3, -0.25) is 4.79 Å². The smallest absolute Gasteiger partial charge is 0.275 e. The van der Waals surface area contributed by atoms with E-state index in [0.29, 0.717) is 17.9 Å². The van der Waals surface area contributed by atoms with Gasteiger partial charge in [0, 0.05) is 5.92 Å². The van der Waals surface area contributed by atoms with Gasteiger partial charge in [-0.25, -0.2) is 4.63 Å². The second-order valence-electron chi connectivity index (χ2n) is 3.15. The predicted molar refractivity (Wildman–Crippen MR) is 44.7 cm³/mol. The highest BCUT2D eigenvalue weighted by Gasteiger charge is 2.32. The highest BCUT2D eigenvalue weighted by Crippen LogP contribution is 2.40. The van der Waals surface area contributed by atoms with Crippen LogP contribution in [0, 0.1) is 0 Å². The number of aromatic nitrogens is 2. The van der Waals surface area contributed by atoms with Crippen molar-refractivity contribution >= 4 is 12.2 Å². The Labute approximate surface area is 79.6 Å². The summed E-state index contributed by atoms with van der Waals surface area (Å²) in [7, 11) is 0. The number of rotatable bonds is 4. The third-order valence-electron chi connectivity index (χ3n) is 2.04. The van der Waals surface area contributed by atoms with E-state index in [-0.39, 0.29) is 12.2 Å². The summed E-state index contributed by atoms with van der Waals surface area (Å²) in [6.07, 6.45) is 2.65. The van der Waals surface area contributed by atoms with Crippen molar-refractivity contribution in [2.75, 3.05) is 6.54 Å². The van der Waals surface area contributed by atoms with E-state index < -0.39 is 5.91 Å². The number of nitrogens with zero attached hydrogens (tertiary/aromatic N) is 2. The van der Waals surface area contributed by atoms with Gasteiger partial charge in [-0.2, -0.15) is 0 Å². The van der Waals surface area contributed by atoms with Gasteiger partial charge in [-0.05, 0) is 18.0 Å². The van der Waals surface area contributed by atoms with Crippen LogP contribution in [0.15, 0.2) is 4.63 Å². The van der Waals surface area contributed by atoms with E-state index in [4.69, 9.17) is 0 Å². The minimum Gasteiger partial charge on any atom is -0.344 e. The maximum atomic E-state index is 11.4. The van der Waals surface area contributed by atoms with Gasteiger partial charge in [0.2, 0.25) is 0 Å². The number of nitrogens with one attached hydrogen (secondary N) is 1. The molecule has 0 spiro atoms. The molecule has 1 fully saturated rings. The maximum Gasteiger partial charge on any atom is 0.275 e. The molecule has 0 unspecified atom stereocenters. The molecule has 1 heterocycles. The first-order valence-corrected chi connectivity index (χ1v) is 4.37. The highest BCUT2D eigenvalue weighted by atomic mass is 16.6. The Bertz CT molecular complexity index is 356. The predicted octanol–water partition coefficient (Wildman–Crippen LogP) is -0.124. The average Bonchev–Trinajstić information content (AvgIpc) is 2.93. The van der Waals surface area contributed by atoms with Gasteiger partial charge >= 0.3 is 0 Å². The molecule has 74 valence electrons. The number of carbonyl (C=O) groups is 2. The standard InChI is InChI=1S/C8H9N3O3/c12-4-3-9-8(13)7-6(5-1-2-5)10-14-11-7/h4-5H,1-3H2,(H,9,13). The normalized spacial score (nSPS) is 15.1. The third kappa shape index (κ3) is 1.63. The summed E-state index contributed by atoms with van der Waals surface area (Å²) in [6.45, 7) is -0.0181. The number of carbonyl (C=O) groups excluding carboxylic acids is 2. The first kappa shape index (κ1) is 8.86. The highest BCUT2D eigenvalue weighted by molar-refractivity contribution is 5.94. The Morgan fingerprint density at radius 1 is 1.57 bits per heavy atom. The first-order valence-electron chi connectivity index (χ1n) is 4.37. The Balaban J connectivity index is 2.09. The molecule has 14 heavy (non-hydrogen) atoms. The minimum atomic E-state index is -0.403. The quantitative estimate of drug-likeness (QED) is 0.677. The number of hydrogen-bond acceptors (Lipinski definition) is 5. The number of hydrogen-bond donors (Lipinski definition) is 1. The lowest BCUT2D eigenvalue weighted by atomic mass is 10.2. The fraction of sp³-hybridized carbons (Fsp3) is 0.500. The van der Waals surface area contributed by atoms with E-state index in [1.54, 1.807) is 0 Å². The molecule has 6 nitrogen and oxygen atoms in total. The molecule has 0 aromatic carbocycles. The summed E-state index contributed by atoms with van der Waals surface area (Å²) < 4.78 is 4.50. The van der Waals surface area contributed by atoms with Gasteiger partial charge in [0.15, 0.2) is 5.69 Å². The SMILES string of the molecule is O=CCNC(=O)c1nonc1C1CC1. The van der Waals surface area contributed by atoms with Crippen molar-refractivity contribution in [1.29, 1.82) is 0 Å². The van der Waals surface area contributed by atoms with Crippen LogP contribution in [0.25, 0.3) is 0 Å². The zero-order chi connectivity index (χ0) is 9.97. The van der Waals surface area contributed by atoms with Crippen LogP contribution in [0.3, 0.4) is 0 Å². The van der Waals surface area contributed by atoms with Crippen LogP contribution in [0.1, 0.15) is 34.9 Å². The fourth-order valence-corrected chi connectivity index (χ4v) is 1.20. The molecule has 1 aliphatic rings. The molecule has 0 radical (unpaired) electrons. The van der Waals surface area contributed by atoms with Crippen molar-refractivity contribution in [3.63, 3.8) is 0 Å². The van der Waals surface area contributed by atoms with Crippen LogP contribution in [0.4, 0.5) is 0 Å². The van der Waals surface area contributed by atoms with Crippen LogP contribution in [-0.2, 0) is 4.79 Å². The second kappa shape index (κ2) is 3.57. The molecular formula is C8H9N3O3. The lowest BCUT2D eigenvalue weighted by Crippen LogP contribution is -2.26. The van der Waals surface area contributed by atoms with Crippen molar-refractivity contribution in [3.8, 4) is 0 Å². The molecule has 0 atom stereocenters. The summed E-state index contributed by atoms with van der Waals surface area (Å²) in [4.78, 5) is 21.4. The molecular weight excluding hydrogens is 186 g/mol. The van der Waals surface area contributed by atoms with Crippen LogP contribution < -0.4 is 5.32 Å². The van der Waals surface area contributed by atoms with Crippen LogP contribution in [-0.4, -0.2) is 29.1 Å². The van der Waals surface area contributed by atoms with Crippen LogP contribution >= 0.6 is 0 Å². The molecule has 1 aromatic heterocycles. The molecule has 0 saturated heterocycles. The van der Waals surface area contributed by atoms with Gasteiger partial charge in [0.1, 0.15) is 12.0 Å². The number of aldehydes is 1. The summed E-state index contributed by atoms with van der Waals surface area (Å²) in [5.74, 6) is -0.0986. The third-order valence-corrected chi connectivity index (χ3v) is 2.04. The van der Waals surface area contributed by atoms with E-state index in [9.17, 15) is 9.59 Å². The molecule has 0 aliphatic heterocycles.